The summed E-state index contributed by atoms with van der Waals surface area (Å²) in [5.41, 5.74) is 0.154. The van der Waals surface area contributed by atoms with Gasteiger partial charge in [0, 0.05) is 37.3 Å². The van der Waals surface area contributed by atoms with Gasteiger partial charge in [-0.2, -0.15) is 5.10 Å². The van der Waals surface area contributed by atoms with Crippen LogP contribution in [0.4, 0.5) is 20.3 Å². The Labute approximate surface area is 169 Å². The first kappa shape index (κ1) is 19.5. The van der Waals surface area contributed by atoms with Crippen molar-refractivity contribution in [1.29, 1.82) is 0 Å². The fourth-order valence-corrected chi connectivity index (χ4v) is 3.99. The molecule has 152 valence electrons. The number of rotatable bonds is 5. The van der Waals surface area contributed by atoms with E-state index in [1.807, 2.05) is 6.21 Å². The lowest BCUT2D eigenvalue weighted by Crippen LogP contribution is -2.30. The van der Waals surface area contributed by atoms with E-state index in [2.05, 4.69) is 30.7 Å². The second-order valence-corrected chi connectivity index (χ2v) is 7.63. The molecule has 0 bridgehead atoms. The van der Waals surface area contributed by atoms with E-state index in [1.165, 1.54) is 29.3 Å². The van der Waals surface area contributed by atoms with Crippen molar-refractivity contribution in [3.8, 4) is 0 Å². The molecule has 3 aromatic rings. The molecule has 29 heavy (non-hydrogen) atoms. The Bertz CT molecular complexity index is 1060. The molecule has 1 amide bonds. The highest BCUT2D eigenvalue weighted by molar-refractivity contribution is 7.17. The summed E-state index contributed by atoms with van der Waals surface area (Å²) in [5.74, 6) is 0.202. The van der Waals surface area contributed by atoms with Crippen LogP contribution in [0.2, 0.25) is 0 Å². The van der Waals surface area contributed by atoms with E-state index in [1.54, 1.807) is 11.6 Å². The number of fused-ring (bicyclic) bond motifs is 1. The smallest absolute Gasteiger partial charge is 0.284 e. The molecule has 1 saturated heterocycles. The summed E-state index contributed by atoms with van der Waals surface area (Å²) in [6.45, 7) is 1.90. The third kappa shape index (κ3) is 4.30. The topological polar surface area (TPSA) is 97.1 Å². The third-order valence-electron chi connectivity index (χ3n) is 4.58. The molecule has 0 spiro atoms. The van der Waals surface area contributed by atoms with E-state index in [0.717, 1.165) is 25.9 Å². The zero-order chi connectivity index (χ0) is 20.4. The van der Waals surface area contributed by atoms with Crippen LogP contribution in [0.3, 0.4) is 0 Å². The lowest BCUT2D eigenvalue weighted by molar-refractivity contribution is 0.102. The number of amides is 1. The highest BCUT2D eigenvalue weighted by Crippen LogP contribution is 2.28. The molecule has 0 radical (unpaired) electrons. The number of aliphatic imine (C=N–C) groups is 1. The Morgan fingerprint density at radius 3 is 3.14 bits per heavy atom. The summed E-state index contributed by atoms with van der Waals surface area (Å²) in [6, 6.07) is 0. The van der Waals surface area contributed by atoms with Crippen molar-refractivity contribution in [3.63, 3.8) is 0 Å². The number of aryl methyl sites for hydroxylation is 1. The molecule has 2 N–H and O–H groups in total. The van der Waals surface area contributed by atoms with Gasteiger partial charge in [0.1, 0.15) is 10.3 Å². The largest absolute Gasteiger partial charge is 0.319 e. The van der Waals surface area contributed by atoms with E-state index < -0.39 is 18.0 Å². The number of nitrogens with zero attached hydrogens (tertiary/aromatic N) is 5. The number of piperidine rings is 1. The number of anilines is 1. The number of hydrogen-bond donors (Lipinski definition) is 2. The third-order valence-corrected chi connectivity index (χ3v) is 5.45. The molecular weight excluding hydrogens is 400 g/mol. The van der Waals surface area contributed by atoms with Gasteiger partial charge in [-0.25, -0.2) is 23.7 Å². The average molecular weight is 419 g/mol. The van der Waals surface area contributed by atoms with Gasteiger partial charge in [0.25, 0.3) is 12.3 Å². The molecule has 1 fully saturated rings. The van der Waals surface area contributed by atoms with Crippen LogP contribution in [0.25, 0.3) is 10.3 Å². The van der Waals surface area contributed by atoms with Gasteiger partial charge in [-0.15, -0.1) is 11.3 Å². The zero-order valence-electron chi connectivity index (χ0n) is 15.6. The van der Waals surface area contributed by atoms with Crippen molar-refractivity contribution < 1.29 is 13.6 Å². The van der Waals surface area contributed by atoms with Crippen LogP contribution in [-0.2, 0) is 7.05 Å². The Morgan fingerprint density at radius 1 is 1.52 bits per heavy atom. The molecule has 1 aliphatic rings. The average Bonchev–Trinajstić information content (AvgIpc) is 3.30. The summed E-state index contributed by atoms with van der Waals surface area (Å²) in [7, 11) is 1.51. The fourth-order valence-electron chi connectivity index (χ4n) is 3.16. The van der Waals surface area contributed by atoms with Crippen LogP contribution < -0.4 is 10.6 Å². The van der Waals surface area contributed by atoms with Gasteiger partial charge >= 0.3 is 0 Å². The first-order valence-corrected chi connectivity index (χ1v) is 10.0. The molecule has 3 aromatic heterocycles. The molecule has 1 unspecified atom stereocenters. The van der Waals surface area contributed by atoms with E-state index in [0.29, 0.717) is 22.1 Å². The summed E-state index contributed by atoms with van der Waals surface area (Å²) >= 11 is 1.26. The fraction of sp³-hybridized carbons (Fsp3) is 0.389. The van der Waals surface area contributed by atoms with Gasteiger partial charge in [0.2, 0.25) is 0 Å². The minimum absolute atomic E-state index is 0.0289. The first-order valence-electron chi connectivity index (χ1n) is 9.13. The second kappa shape index (κ2) is 8.29. The van der Waals surface area contributed by atoms with Crippen molar-refractivity contribution >= 4 is 45.3 Å². The summed E-state index contributed by atoms with van der Waals surface area (Å²) in [5, 5.41) is 11.1. The quantitative estimate of drug-likeness (QED) is 0.619. The molecule has 0 aliphatic carbocycles. The Hall–Kier alpha value is -2.79. The molecule has 0 saturated carbocycles. The summed E-state index contributed by atoms with van der Waals surface area (Å²) in [6.07, 6.45) is 4.14. The minimum atomic E-state index is -2.79. The Morgan fingerprint density at radius 2 is 2.38 bits per heavy atom. The summed E-state index contributed by atoms with van der Waals surface area (Å²) < 4.78 is 27.5. The van der Waals surface area contributed by atoms with E-state index in [9.17, 15) is 13.6 Å². The highest BCUT2D eigenvalue weighted by Gasteiger charge is 2.22. The van der Waals surface area contributed by atoms with Crippen LogP contribution in [0.1, 0.15) is 35.3 Å². The van der Waals surface area contributed by atoms with Crippen molar-refractivity contribution in [3.05, 3.63) is 29.0 Å². The SMILES string of the molecule is Cn1cc(NC(=O)c2csc3ncc(/N=C/C4CCCNC4)nc23)c(C(F)F)n1. The normalized spacial score (nSPS) is 17.4. The number of aromatic nitrogens is 4. The molecule has 1 aliphatic heterocycles. The molecule has 8 nitrogen and oxygen atoms in total. The number of hydrogen-bond acceptors (Lipinski definition) is 7. The van der Waals surface area contributed by atoms with Crippen molar-refractivity contribution in [2.75, 3.05) is 18.4 Å². The molecule has 4 rings (SSSR count). The number of thiophene rings is 1. The van der Waals surface area contributed by atoms with Gasteiger partial charge in [0.15, 0.2) is 11.5 Å². The van der Waals surface area contributed by atoms with Crippen LogP contribution in [0.15, 0.2) is 22.8 Å². The van der Waals surface area contributed by atoms with Crippen LogP contribution in [0, 0.1) is 5.92 Å². The van der Waals surface area contributed by atoms with Crippen molar-refractivity contribution in [2.45, 2.75) is 19.3 Å². The van der Waals surface area contributed by atoms with Crippen LogP contribution >= 0.6 is 11.3 Å². The number of nitrogens with one attached hydrogen (secondary N) is 2. The second-order valence-electron chi connectivity index (χ2n) is 6.77. The van der Waals surface area contributed by atoms with Crippen LogP contribution in [-0.4, -0.2) is 45.0 Å². The van der Waals surface area contributed by atoms with Crippen LogP contribution in [0.5, 0.6) is 0 Å². The molecule has 0 aromatic carbocycles. The maximum Gasteiger partial charge on any atom is 0.284 e. The number of carbonyl (C=O) groups is 1. The number of halogens is 2. The molecular formula is C18H19F2N7OS. The Kier molecular flexibility index (Phi) is 5.58. The Balaban J connectivity index is 1.57. The molecule has 4 heterocycles. The monoisotopic (exact) mass is 419 g/mol. The highest BCUT2D eigenvalue weighted by atomic mass is 32.1. The van der Waals surface area contributed by atoms with Gasteiger partial charge < -0.3 is 10.6 Å². The number of alkyl halides is 2. The minimum Gasteiger partial charge on any atom is -0.319 e. The standard InChI is InChI=1S/C18H19F2N7OS/c1-27-8-12(15(26-27)16(19)20)24-17(28)11-9-29-18-14(11)25-13(7-23-18)22-6-10-3-2-4-21-5-10/h6-10,16,21H,2-5H2,1H3,(H,24,28)/b22-6+. The van der Waals surface area contributed by atoms with E-state index >= 15 is 0 Å². The maximum atomic E-state index is 13.1. The van der Waals surface area contributed by atoms with E-state index in [4.69, 9.17) is 0 Å². The van der Waals surface area contributed by atoms with Crippen molar-refractivity contribution in [2.24, 2.45) is 18.0 Å². The number of carbonyl (C=O) groups excluding carboxylic acids is 1. The lowest BCUT2D eigenvalue weighted by atomic mass is 10.0. The van der Waals surface area contributed by atoms with Gasteiger partial charge in [0.05, 0.1) is 17.4 Å². The molecule has 1 atom stereocenters. The van der Waals surface area contributed by atoms with Crippen molar-refractivity contribution in [1.82, 2.24) is 25.1 Å². The predicted octanol–water partition coefficient (Wildman–Crippen LogP) is 3.32. The summed E-state index contributed by atoms with van der Waals surface area (Å²) in [4.78, 5) is 26.4. The lowest BCUT2D eigenvalue weighted by Gasteiger charge is -2.18. The van der Waals surface area contributed by atoms with Gasteiger partial charge in [-0.05, 0) is 19.4 Å². The van der Waals surface area contributed by atoms with Gasteiger partial charge in [-0.1, -0.05) is 0 Å². The zero-order valence-corrected chi connectivity index (χ0v) is 16.4. The van der Waals surface area contributed by atoms with Gasteiger partial charge in [-0.3, -0.25) is 9.48 Å². The predicted molar refractivity (Wildman–Crippen MR) is 107 cm³/mol. The first-order chi connectivity index (χ1) is 14.0. The maximum absolute atomic E-state index is 13.1. The van der Waals surface area contributed by atoms with E-state index in [-0.39, 0.29) is 11.3 Å². The molecule has 11 heteroatoms.